The number of ketones is 1. The van der Waals surface area contributed by atoms with Crippen LogP contribution in [0.25, 0.3) is 5.65 Å². The topological polar surface area (TPSA) is 76.8 Å². The van der Waals surface area contributed by atoms with Crippen LogP contribution in [0.3, 0.4) is 0 Å². The van der Waals surface area contributed by atoms with Crippen molar-refractivity contribution in [3.8, 4) is 0 Å². The number of Topliss-reactive ketones (excluding diaryl/α,β-unsaturated/α-hetero) is 1. The number of aromatic nitrogens is 3. The van der Waals surface area contributed by atoms with E-state index >= 15 is 0 Å². The molecule has 9 heteroatoms. The Hall–Kier alpha value is -3.36. The van der Waals surface area contributed by atoms with E-state index in [1.54, 1.807) is 12.3 Å². The standard InChI is InChI=1S/C19H16F2N4O3/c1-28-19(27)17(26)13-10-22-25-8-6-16(23-18(13)25)24-7-2-3-15(24)12-9-11(20)4-5-14(12)21/h4-6,8-10,15H,2-3,7H2,1H3/t15-/m1/s1. The van der Waals surface area contributed by atoms with Crippen LogP contribution < -0.4 is 4.90 Å². The Kier molecular flexibility index (Phi) is 4.50. The Balaban J connectivity index is 1.75. The van der Waals surface area contributed by atoms with Gasteiger partial charge in [-0.05, 0) is 37.1 Å². The third-order valence-electron chi connectivity index (χ3n) is 4.83. The normalized spacial score (nSPS) is 16.5. The van der Waals surface area contributed by atoms with E-state index in [9.17, 15) is 18.4 Å². The van der Waals surface area contributed by atoms with Gasteiger partial charge < -0.3 is 9.64 Å². The highest BCUT2D eigenvalue weighted by Crippen LogP contribution is 2.36. The lowest BCUT2D eigenvalue weighted by atomic mass is 10.0. The number of nitrogens with zero attached hydrogens (tertiary/aromatic N) is 4. The van der Waals surface area contributed by atoms with E-state index in [2.05, 4.69) is 14.8 Å². The first-order chi connectivity index (χ1) is 13.5. The molecule has 0 unspecified atom stereocenters. The van der Waals surface area contributed by atoms with Crippen molar-refractivity contribution in [3.63, 3.8) is 0 Å². The van der Waals surface area contributed by atoms with Crippen molar-refractivity contribution >= 4 is 23.2 Å². The summed E-state index contributed by atoms with van der Waals surface area (Å²) in [6.07, 6.45) is 4.27. The molecule has 0 spiro atoms. The SMILES string of the molecule is COC(=O)C(=O)c1cnn2ccc(N3CCC[C@@H]3c3cc(F)ccc3F)nc12. The van der Waals surface area contributed by atoms with E-state index in [0.29, 0.717) is 18.8 Å². The second kappa shape index (κ2) is 6.99. The van der Waals surface area contributed by atoms with E-state index < -0.39 is 23.4 Å². The number of benzene rings is 1. The smallest absolute Gasteiger partial charge is 0.379 e. The minimum Gasteiger partial charge on any atom is -0.463 e. The fourth-order valence-corrected chi connectivity index (χ4v) is 3.52. The number of carbonyl (C=O) groups excluding carboxylic acids is 2. The minimum absolute atomic E-state index is 0.0152. The summed E-state index contributed by atoms with van der Waals surface area (Å²) in [4.78, 5) is 30.1. The third-order valence-corrected chi connectivity index (χ3v) is 4.83. The number of ether oxygens (including phenoxy) is 1. The summed E-state index contributed by atoms with van der Waals surface area (Å²) in [6, 6.07) is 4.69. The molecule has 144 valence electrons. The largest absolute Gasteiger partial charge is 0.463 e. The molecule has 2 aromatic heterocycles. The quantitative estimate of drug-likeness (QED) is 0.390. The fraction of sp³-hybridized carbons (Fsp3) is 0.263. The zero-order chi connectivity index (χ0) is 19.8. The number of esters is 1. The number of halogens is 2. The molecule has 1 aliphatic heterocycles. The van der Waals surface area contributed by atoms with Gasteiger partial charge in [0.2, 0.25) is 0 Å². The monoisotopic (exact) mass is 386 g/mol. The van der Waals surface area contributed by atoms with Gasteiger partial charge in [-0.25, -0.2) is 23.1 Å². The van der Waals surface area contributed by atoms with E-state index in [4.69, 9.17) is 0 Å². The van der Waals surface area contributed by atoms with Crippen molar-refractivity contribution in [2.45, 2.75) is 18.9 Å². The second-order valence-electron chi connectivity index (χ2n) is 6.45. The molecule has 0 N–H and O–H groups in total. The number of methoxy groups -OCH3 is 1. The lowest BCUT2D eigenvalue weighted by Gasteiger charge is -2.26. The van der Waals surface area contributed by atoms with Crippen LogP contribution in [-0.4, -0.2) is 40.0 Å². The molecule has 3 aromatic rings. The molecule has 0 aliphatic carbocycles. The van der Waals surface area contributed by atoms with Crippen LogP contribution in [0.1, 0.15) is 34.8 Å². The van der Waals surface area contributed by atoms with Crippen molar-refractivity contribution < 1.29 is 23.1 Å². The Labute approximate surface area is 158 Å². The van der Waals surface area contributed by atoms with Gasteiger partial charge in [-0.15, -0.1) is 0 Å². The molecular weight excluding hydrogens is 370 g/mol. The van der Waals surface area contributed by atoms with E-state index in [0.717, 1.165) is 25.7 Å². The highest BCUT2D eigenvalue weighted by Gasteiger charge is 2.30. The molecule has 3 heterocycles. The van der Waals surface area contributed by atoms with Gasteiger partial charge in [-0.2, -0.15) is 5.10 Å². The first kappa shape index (κ1) is 18.0. The summed E-state index contributed by atoms with van der Waals surface area (Å²) in [5, 5.41) is 4.02. The first-order valence-corrected chi connectivity index (χ1v) is 8.68. The number of fused-ring (bicyclic) bond motifs is 1. The minimum atomic E-state index is -1.01. The van der Waals surface area contributed by atoms with E-state index in [1.165, 1.54) is 16.8 Å². The predicted molar refractivity (Wildman–Crippen MR) is 95.0 cm³/mol. The number of carbonyl (C=O) groups is 2. The van der Waals surface area contributed by atoms with Gasteiger partial charge in [0.25, 0.3) is 5.78 Å². The van der Waals surface area contributed by atoms with Crippen molar-refractivity contribution in [1.29, 1.82) is 0 Å². The lowest BCUT2D eigenvalue weighted by molar-refractivity contribution is -0.135. The summed E-state index contributed by atoms with van der Waals surface area (Å²) < 4.78 is 33.8. The summed E-state index contributed by atoms with van der Waals surface area (Å²) >= 11 is 0. The van der Waals surface area contributed by atoms with Gasteiger partial charge in [-0.1, -0.05) is 0 Å². The molecule has 1 aromatic carbocycles. The maximum atomic E-state index is 14.3. The second-order valence-corrected chi connectivity index (χ2v) is 6.45. The average molecular weight is 386 g/mol. The van der Waals surface area contributed by atoms with Crippen LogP contribution in [0.5, 0.6) is 0 Å². The molecule has 4 rings (SSSR count). The van der Waals surface area contributed by atoms with Crippen LogP contribution in [-0.2, 0) is 9.53 Å². The number of rotatable bonds is 4. The van der Waals surface area contributed by atoms with Crippen LogP contribution in [0.4, 0.5) is 14.6 Å². The molecule has 0 amide bonds. The third kappa shape index (κ3) is 2.98. The highest BCUT2D eigenvalue weighted by molar-refractivity contribution is 6.41. The summed E-state index contributed by atoms with van der Waals surface area (Å²) in [5.74, 6) is -2.36. The molecule has 28 heavy (non-hydrogen) atoms. The molecule has 0 bridgehead atoms. The van der Waals surface area contributed by atoms with E-state index in [1.807, 2.05) is 4.90 Å². The Morgan fingerprint density at radius 3 is 2.86 bits per heavy atom. The zero-order valence-electron chi connectivity index (χ0n) is 14.9. The van der Waals surface area contributed by atoms with Crippen LogP contribution >= 0.6 is 0 Å². The highest BCUT2D eigenvalue weighted by atomic mass is 19.1. The molecule has 1 saturated heterocycles. The number of anilines is 1. The number of hydrogen-bond acceptors (Lipinski definition) is 6. The maximum absolute atomic E-state index is 14.3. The van der Waals surface area contributed by atoms with Crippen LogP contribution in [0.15, 0.2) is 36.7 Å². The van der Waals surface area contributed by atoms with E-state index in [-0.39, 0.29) is 22.8 Å². The van der Waals surface area contributed by atoms with Gasteiger partial charge in [0.15, 0.2) is 5.65 Å². The molecule has 0 radical (unpaired) electrons. The van der Waals surface area contributed by atoms with Crippen LogP contribution in [0.2, 0.25) is 0 Å². The summed E-state index contributed by atoms with van der Waals surface area (Å²) in [7, 11) is 1.12. The van der Waals surface area contributed by atoms with Crippen molar-refractivity contribution in [1.82, 2.24) is 14.6 Å². The molecule has 1 atom stereocenters. The molecule has 7 nitrogen and oxygen atoms in total. The lowest BCUT2D eigenvalue weighted by Crippen LogP contribution is -2.25. The summed E-state index contributed by atoms with van der Waals surface area (Å²) in [6.45, 7) is 0.595. The molecule has 1 aliphatic rings. The van der Waals surface area contributed by atoms with Crippen molar-refractivity contribution in [2.24, 2.45) is 0 Å². The zero-order valence-corrected chi connectivity index (χ0v) is 14.9. The van der Waals surface area contributed by atoms with Gasteiger partial charge in [0.05, 0.1) is 24.9 Å². The van der Waals surface area contributed by atoms with Crippen molar-refractivity contribution in [3.05, 3.63) is 59.4 Å². The van der Waals surface area contributed by atoms with Gasteiger partial charge in [-0.3, -0.25) is 4.79 Å². The molecule has 0 saturated carbocycles. The average Bonchev–Trinajstić information content (AvgIpc) is 3.35. The summed E-state index contributed by atoms with van der Waals surface area (Å²) in [5.41, 5.74) is 0.471. The van der Waals surface area contributed by atoms with Crippen molar-refractivity contribution in [2.75, 3.05) is 18.6 Å². The van der Waals surface area contributed by atoms with Gasteiger partial charge in [0, 0.05) is 18.3 Å². The first-order valence-electron chi connectivity index (χ1n) is 8.68. The number of hydrogen-bond donors (Lipinski definition) is 0. The van der Waals surface area contributed by atoms with Gasteiger partial charge >= 0.3 is 5.97 Å². The fourth-order valence-electron chi connectivity index (χ4n) is 3.52. The van der Waals surface area contributed by atoms with Crippen LogP contribution in [0, 0.1) is 11.6 Å². The molecular formula is C19H16F2N4O3. The Bertz CT molecular complexity index is 1080. The maximum Gasteiger partial charge on any atom is 0.379 e. The Morgan fingerprint density at radius 2 is 2.07 bits per heavy atom. The molecule has 1 fully saturated rings. The predicted octanol–water partition coefficient (Wildman–Crippen LogP) is 2.70. The van der Waals surface area contributed by atoms with Gasteiger partial charge in [0.1, 0.15) is 17.5 Å². The Morgan fingerprint density at radius 1 is 1.25 bits per heavy atom.